The van der Waals surface area contributed by atoms with Crippen LogP contribution in [0.4, 0.5) is 5.13 Å². The largest absolute Gasteiger partial charge is 0.481 e. The van der Waals surface area contributed by atoms with Gasteiger partial charge in [-0.2, -0.15) is 0 Å². The number of thiazole rings is 1. The van der Waals surface area contributed by atoms with E-state index in [-0.39, 0.29) is 17.7 Å². The number of carbonyl (C=O) groups excluding carboxylic acids is 1. The average molecular weight is 307 g/mol. The first kappa shape index (κ1) is 13.1. The Morgan fingerprint density at radius 1 is 1.56 bits per heavy atom. The van der Waals surface area contributed by atoms with Crippen LogP contribution in [0.5, 0.6) is 0 Å². The van der Waals surface area contributed by atoms with Crippen LogP contribution in [0.3, 0.4) is 0 Å². The summed E-state index contributed by atoms with van der Waals surface area (Å²) in [6.07, 6.45) is 0.605. The van der Waals surface area contributed by atoms with E-state index in [2.05, 4.69) is 26.2 Å². The maximum Gasteiger partial charge on any atom is 0.309 e. The van der Waals surface area contributed by atoms with Crippen LogP contribution in [0.2, 0.25) is 0 Å². The van der Waals surface area contributed by atoms with Gasteiger partial charge in [-0.1, -0.05) is 22.9 Å². The molecule has 0 unspecified atom stereocenters. The molecule has 0 aliphatic rings. The van der Waals surface area contributed by atoms with Gasteiger partial charge in [-0.15, -0.1) is 11.3 Å². The van der Waals surface area contributed by atoms with E-state index in [4.69, 9.17) is 5.11 Å². The summed E-state index contributed by atoms with van der Waals surface area (Å²) in [5.41, 5.74) is 0.532. The van der Waals surface area contributed by atoms with E-state index >= 15 is 0 Å². The number of carboxylic acids is 1. The van der Waals surface area contributed by atoms with Gasteiger partial charge in [0.05, 0.1) is 17.4 Å². The van der Waals surface area contributed by atoms with Gasteiger partial charge >= 0.3 is 5.97 Å². The van der Waals surface area contributed by atoms with Crippen LogP contribution in [-0.4, -0.2) is 27.3 Å². The normalized spacial score (nSPS) is 10.1. The van der Waals surface area contributed by atoms with E-state index in [1.54, 1.807) is 0 Å². The van der Waals surface area contributed by atoms with E-state index in [9.17, 15) is 9.59 Å². The fourth-order valence-electron chi connectivity index (χ4n) is 1.15. The highest BCUT2D eigenvalue weighted by atomic mass is 79.9. The highest BCUT2D eigenvalue weighted by Crippen LogP contribution is 2.24. The number of carboxylic acid groups (broad SMARTS) is 1. The van der Waals surface area contributed by atoms with Crippen molar-refractivity contribution in [3.05, 3.63) is 10.6 Å². The summed E-state index contributed by atoms with van der Waals surface area (Å²) in [6.45, 7) is 1.93. The maximum atomic E-state index is 11.1. The second-order valence-corrected chi connectivity index (χ2v) is 4.64. The number of alkyl halides is 1. The molecule has 0 aliphatic carbocycles. The van der Waals surface area contributed by atoms with Gasteiger partial charge in [0.2, 0.25) is 5.91 Å². The van der Waals surface area contributed by atoms with Crippen LogP contribution in [0.15, 0.2) is 0 Å². The number of rotatable bonds is 5. The minimum absolute atomic E-state index is 0.107. The molecule has 1 amide bonds. The lowest BCUT2D eigenvalue weighted by Crippen LogP contribution is -2.12. The first-order valence-corrected chi connectivity index (χ1v) is 6.56. The summed E-state index contributed by atoms with van der Waals surface area (Å²) >= 11 is 4.34. The minimum atomic E-state index is -0.918. The first-order valence-electron chi connectivity index (χ1n) is 4.63. The van der Waals surface area contributed by atoms with Gasteiger partial charge in [-0.3, -0.25) is 9.59 Å². The number of nitrogens with zero attached hydrogens (tertiary/aromatic N) is 1. The van der Waals surface area contributed by atoms with E-state index < -0.39 is 5.97 Å². The number of aliphatic carboxylic acids is 1. The van der Waals surface area contributed by atoms with Crippen molar-refractivity contribution in [2.45, 2.75) is 19.8 Å². The number of aromatic nitrogens is 1. The third-order valence-electron chi connectivity index (χ3n) is 1.79. The van der Waals surface area contributed by atoms with Gasteiger partial charge in [0.1, 0.15) is 0 Å². The second-order valence-electron chi connectivity index (χ2n) is 2.99. The highest BCUT2D eigenvalue weighted by Gasteiger charge is 2.13. The van der Waals surface area contributed by atoms with Crippen molar-refractivity contribution in [3.8, 4) is 0 Å². The Morgan fingerprint density at radius 2 is 2.25 bits per heavy atom. The van der Waals surface area contributed by atoms with Gasteiger partial charge < -0.3 is 10.4 Å². The molecule has 2 N–H and O–H groups in total. The molecule has 1 heterocycles. The van der Waals surface area contributed by atoms with Gasteiger partial charge in [-0.25, -0.2) is 4.98 Å². The SMILES string of the molecule is CCc1sc(NC(=O)CBr)nc1CC(=O)O. The molecule has 0 fully saturated rings. The van der Waals surface area contributed by atoms with E-state index in [0.717, 1.165) is 4.88 Å². The molecule has 0 bridgehead atoms. The zero-order valence-corrected chi connectivity index (χ0v) is 11.0. The van der Waals surface area contributed by atoms with Crippen LogP contribution < -0.4 is 5.32 Å². The molecule has 0 radical (unpaired) electrons. The van der Waals surface area contributed by atoms with Crippen molar-refractivity contribution in [1.29, 1.82) is 0 Å². The summed E-state index contributed by atoms with van der Waals surface area (Å²) in [4.78, 5) is 26.7. The summed E-state index contributed by atoms with van der Waals surface area (Å²) in [6, 6.07) is 0. The number of nitrogens with one attached hydrogen (secondary N) is 1. The highest BCUT2D eigenvalue weighted by molar-refractivity contribution is 9.09. The van der Waals surface area contributed by atoms with Gasteiger partial charge in [0, 0.05) is 4.88 Å². The van der Waals surface area contributed by atoms with E-state index in [1.807, 2.05) is 6.92 Å². The molecular formula is C9H11BrN2O3S. The number of halogens is 1. The predicted octanol–water partition coefficient (Wildman–Crippen LogP) is 1.67. The van der Waals surface area contributed by atoms with Crippen molar-refractivity contribution in [1.82, 2.24) is 4.98 Å². The van der Waals surface area contributed by atoms with Crippen LogP contribution in [-0.2, 0) is 22.4 Å². The van der Waals surface area contributed by atoms with E-state index in [1.165, 1.54) is 11.3 Å². The molecule has 0 atom stereocenters. The van der Waals surface area contributed by atoms with Crippen LogP contribution in [0.1, 0.15) is 17.5 Å². The van der Waals surface area contributed by atoms with Crippen LogP contribution >= 0.6 is 27.3 Å². The summed E-state index contributed by atoms with van der Waals surface area (Å²) < 4.78 is 0. The Bertz CT molecular complexity index is 405. The summed E-state index contributed by atoms with van der Waals surface area (Å²) in [7, 11) is 0. The Hall–Kier alpha value is -0.950. The molecule has 0 aliphatic heterocycles. The van der Waals surface area contributed by atoms with Gasteiger partial charge in [0.25, 0.3) is 0 Å². The molecule has 0 spiro atoms. The number of hydrogen-bond acceptors (Lipinski definition) is 4. The number of anilines is 1. The topological polar surface area (TPSA) is 79.3 Å². The van der Waals surface area contributed by atoms with Gasteiger partial charge in [-0.05, 0) is 6.42 Å². The Balaban J connectivity index is 2.84. The second kappa shape index (κ2) is 5.95. The van der Waals surface area contributed by atoms with Gasteiger partial charge in [0.15, 0.2) is 5.13 Å². The molecule has 5 nitrogen and oxygen atoms in total. The van der Waals surface area contributed by atoms with Crippen LogP contribution in [0, 0.1) is 0 Å². The average Bonchev–Trinajstić information content (AvgIpc) is 2.59. The summed E-state index contributed by atoms with van der Waals surface area (Å²) in [5.74, 6) is -1.11. The zero-order valence-electron chi connectivity index (χ0n) is 8.62. The number of aryl methyl sites for hydroxylation is 1. The van der Waals surface area contributed by atoms with Crippen molar-refractivity contribution >= 4 is 44.3 Å². The standard InChI is InChI=1S/C9H11BrN2O3S/c1-2-6-5(3-8(14)15)11-9(16-6)12-7(13)4-10/h2-4H2,1H3,(H,14,15)(H,11,12,13). The maximum absolute atomic E-state index is 11.1. The molecule has 1 rings (SSSR count). The van der Waals surface area contributed by atoms with Crippen LogP contribution in [0.25, 0.3) is 0 Å². The fourth-order valence-corrected chi connectivity index (χ4v) is 2.22. The predicted molar refractivity (Wildman–Crippen MR) is 65.3 cm³/mol. The third kappa shape index (κ3) is 3.57. The van der Waals surface area contributed by atoms with Crippen molar-refractivity contribution < 1.29 is 14.7 Å². The Labute approximate surface area is 105 Å². The number of hydrogen-bond donors (Lipinski definition) is 2. The number of amides is 1. The van der Waals surface area contributed by atoms with Crippen molar-refractivity contribution in [3.63, 3.8) is 0 Å². The first-order chi connectivity index (χ1) is 7.56. The van der Waals surface area contributed by atoms with Crippen molar-refractivity contribution in [2.24, 2.45) is 0 Å². The molecule has 0 aromatic carbocycles. The molecule has 16 heavy (non-hydrogen) atoms. The molecule has 1 aromatic heterocycles. The monoisotopic (exact) mass is 306 g/mol. The number of carbonyl (C=O) groups is 2. The van der Waals surface area contributed by atoms with E-state index in [0.29, 0.717) is 17.2 Å². The molecule has 7 heteroatoms. The molecule has 0 saturated heterocycles. The fraction of sp³-hybridized carbons (Fsp3) is 0.444. The molecule has 0 saturated carbocycles. The zero-order chi connectivity index (χ0) is 12.1. The molecular weight excluding hydrogens is 296 g/mol. The lowest BCUT2D eigenvalue weighted by Gasteiger charge is -1.95. The third-order valence-corrected chi connectivity index (χ3v) is 3.45. The Morgan fingerprint density at radius 3 is 2.75 bits per heavy atom. The molecule has 88 valence electrons. The minimum Gasteiger partial charge on any atom is -0.481 e. The van der Waals surface area contributed by atoms with Crippen molar-refractivity contribution in [2.75, 3.05) is 10.6 Å². The Kier molecular flexibility index (Phi) is 4.88. The summed E-state index contributed by atoms with van der Waals surface area (Å²) in [5, 5.41) is 11.9. The quantitative estimate of drug-likeness (QED) is 0.811. The lowest BCUT2D eigenvalue weighted by atomic mass is 10.2. The molecule has 1 aromatic rings. The smallest absolute Gasteiger partial charge is 0.309 e. The lowest BCUT2D eigenvalue weighted by molar-refractivity contribution is -0.136.